The zero-order valence-corrected chi connectivity index (χ0v) is 4.38. The molecular formula is C3H7NO4. The van der Waals surface area contributed by atoms with Crippen LogP contribution < -0.4 is 5.48 Å². The van der Waals surface area contributed by atoms with E-state index >= 15 is 0 Å². The summed E-state index contributed by atoms with van der Waals surface area (Å²) in [4.78, 5) is 13.3. The Bertz CT molecular complexity index is 65.7. The van der Waals surface area contributed by atoms with Crippen LogP contribution in [0.15, 0.2) is 0 Å². The van der Waals surface area contributed by atoms with Crippen LogP contribution in [0.4, 0.5) is 4.79 Å². The summed E-state index contributed by atoms with van der Waals surface area (Å²) < 4.78 is 4.25. The molecule has 0 aromatic heterocycles. The lowest BCUT2D eigenvalue weighted by Gasteiger charge is -1.97. The first kappa shape index (κ1) is 7.19. The van der Waals surface area contributed by atoms with E-state index in [0.29, 0.717) is 0 Å². The maximum Gasteiger partial charge on any atom is 0.433 e. The second-order valence-electron chi connectivity index (χ2n) is 0.914. The van der Waals surface area contributed by atoms with Gasteiger partial charge >= 0.3 is 6.09 Å². The molecule has 0 saturated heterocycles. The molecule has 0 aliphatic rings. The average molecular weight is 121 g/mol. The summed E-state index contributed by atoms with van der Waals surface area (Å²) >= 11 is 0. The molecule has 0 rings (SSSR count). The SMILES string of the molecule is CCOC(=O)NOO. The molecule has 0 aromatic carbocycles. The van der Waals surface area contributed by atoms with Crippen LogP contribution in [0.5, 0.6) is 0 Å². The van der Waals surface area contributed by atoms with Gasteiger partial charge in [0.25, 0.3) is 0 Å². The molecule has 5 nitrogen and oxygen atoms in total. The van der Waals surface area contributed by atoms with E-state index in [1.807, 2.05) is 0 Å². The summed E-state index contributed by atoms with van der Waals surface area (Å²) in [6.07, 6.45) is -0.810. The van der Waals surface area contributed by atoms with E-state index in [1.54, 1.807) is 12.4 Å². The Morgan fingerprint density at radius 1 is 1.88 bits per heavy atom. The van der Waals surface area contributed by atoms with Crippen LogP contribution >= 0.6 is 0 Å². The van der Waals surface area contributed by atoms with Crippen LogP contribution in [0.25, 0.3) is 0 Å². The average Bonchev–Trinajstić information content (AvgIpc) is 1.68. The zero-order valence-electron chi connectivity index (χ0n) is 4.38. The standard InChI is InChI=1S/C3H7NO4/c1-2-7-3(5)4-8-6/h6H,2H2,1H3,(H,4,5). The number of nitrogens with one attached hydrogen (secondary N) is 1. The molecule has 8 heavy (non-hydrogen) atoms. The number of carbonyl (C=O) groups excluding carboxylic acids is 1. The van der Waals surface area contributed by atoms with Gasteiger partial charge < -0.3 is 4.74 Å². The van der Waals surface area contributed by atoms with E-state index in [9.17, 15) is 4.79 Å². The zero-order chi connectivity index (χ0) is 6.41. The molecule has 0 aliphatic heterocycles. The molecular weight excluding hydrogens is 114 g/mol. The van der Waals surface area contributed by atoms with Crippen molar-refractivity contribution >= 4 is 6.09 Å². The minimum atomic E-state index is -0.810. The quantitative estimate of drug-likeness (QED) is 0.402. The molecule has 0 atom stereocenters. The molecule has 0 radical (unpaired) electrons. The van der Waals surface area contributed by atoms with Gasteiger partial charge in [0.05, 0.1) is 6.61 Å². The number of hydroxylamine groups is 1. The summed E-state index contributed by atoms with van der Waals surface area (Å²) in [5.41, 5.74) is 1.54. The summed E-state index contributed by atoms with van der Waals surface area (Å²) in [6, 6.07) is 0. The Morgan fingerprint density at radius 3 is 2.88 bits per heavy atom. The van der Waals surface area contributed by atoms with Crippen molar-refractivity contribution in [2.24, 2.45) is 0 Å². The third-order valence-corrected chi connectivity index (χ3v) is 0.404. The summed E-state index contributed by atoms with van der Waals surface area (Å²) in [7, 11) is 0. The van der Waals surface area contributed by atoms with Crippen LogP contribution in [-0.2, 0) is 9.73 Å². The van der Waals surface area contributed by atoms with Crippen LogP contribution in [0.2, 0.25) is 0 Å². The van der Waals surface area contributed by atoms with Gasteiger partial charge in [-0.2, -0.15) is 5.48 Å². The normalized spacial score (nSPS) is 8.25. The minimum Gasteiger partial charge on any atom is -0.448 e. The van der Waals surface area contributed by atoms with Crippen molar-refractivity contribution in [2.45, 2.75) is 6.92 Å². The van der Waals surface area contributed by atoms with Gasteiger partial charge in [-0.3, -0.25) is 0 Å². The highest BCUT2D eigenvalue weighted by atomic mass is 17.2. The fourth-order valence-electron chi connectivity index (χ4n) is 0.198. The van der Waals surface area contributed by atoms with E-state index in [4.69, 9.17) is 5.26 Å². The van der Waals surface area contributed by atoms with E-state index in [2.05, 4.69) is 9.73 Å². The fourth-order valence-corrected chi connectivity index (χ4v) is 0.198. The highest BCUT2D eigenvalue weighted by molar-refractivity contribution is 5.65. The van der Waals surface area contributed by atoms with Crippen LogP contribution in [0.1, 0.15) is 6.92 Å². The van der Waals surface area contributed by atoms with Gasteiger partial charge in [0.15, 0.2) is 0 Å². The molecule has 0 aliphatic carbocycles. The first-order valence-electron chi connectivity index (χ1n) is 2.04. The highest BCUT2D eigenvalue weighted by Gasteiger charge is 1.95. The summed E-state index contributed by atoms with van der Waals surface area (Å²) in [5, 5.41) is 7.55. The highest BCUT2D eigenvalue weighted by Crippen LogP contribution is 1.72. The largest absolute Gasteiger partial charge is 0.448 e. The maximum absolute atomic E-state index is 10.0. The topological polar surface area (TPSA) is 67.8 Å². The summed E-state index contributed by atoms with van der Waals surface area (Å²) in [5.74, 6) is 0. The minimum absolute atomic E-state index is 0.245. The first-order valence-corrected chi connectivity index (χ1v) is 2.04. The fraction of sp³-hybridized carbons (Fsp3) is 0.667. The second-order valence-corrected chi connectivity index (χ2v) is 0.914. The first-order chi connectivity index (χ1) is 3.81. The van der Waals surface area contributed by atoms with Crippen molar-refractivity contribution in [2.75, 3.05) is 6.61 Å². The van der Waals surface area contributed by atoms with Gasteiger partial charge in [0, 0.05) is 0 Å². The molecule has 0 bridgehead atoms. The molecule has 0 aromatic rings. The van der Waals surface area contributed by atoms with Gasteiger partial charge in [-0.1, -0.05) is 0 Å². The Morgan fingerprint density at radius 2 is 2.50 bits per heavy atom. The van der Waals surface area contributed by atoms with Gasteiger partial charge in [-0.15, -0.1) is 4.99 Å². The summed E-state index contributed by atoms with van der Waals surface area (Å²) in [6.45, 7) is 1.88. The number of ether oxygens (including phenoxy) is 1. The van der Waals surface area contributed by atoms with E-state index < -0.39 is 6.09 Å². The molecule has 1 amide bonds. The van der Waals surface area contributed by atoms with Crippen molar-refractivity contribution in [1.29, 1.82) is 0 Å². The number of rotatable bonds is 2. The Labute approximate surface area is 46.1 Å². The number of hydrogen-bond donors (Lipinski definition) is 2. The second kappa shape index (κ2) is 4.35. The molecule has 0 unspecified atom stereocenters. The van der Waals surface area contributed by atoms with Crippen molar-refractivity contribution in [1.82, 2.24) is 5.48 Å². The van der Waals surface area contributed by atoms with Gasteiger partial charge in [0.1, 0.15) is 0 Å². The number of amides is 1. The van der Waals surface area contributed by atoms with Crippen molar-refractivity contribution < 1.29 is 19.8 Å². The van der Waals surface area contributed by atoms with E-state index in [0.717, 1.165) is 0 Å². The lowest BCUT2D eigenvalue weighted by Crippen LogP contribution is -2.22. The molecule has 2 N–H and O–H groups in total. The lowest BCUT2D eigenvalue weighted by atomic mass is 10.9. The Hall–Kier alpha value is -0.810. The molecule has 0 spiro atoms. The predicted molar refractivity (Wildman–Crippen MR) is 23.9 cm³/mol. The number of carbonyl (C=O) groups is 1. The van der Waals surface area contributed by atoms with Crippen molar-refractivity contribution in [3.8, 4) is 0 Å². The molecule has 0 heterocycles. The van der Waals surface area contributed by atoms with Crippen LogP contribution in [-0.4, -0.2) is 18.0 Å². The van der Waals surface area contributed by atoms with E-state index in [-0.39, 0.29) is 6.61 Å². The van der Waals surface area contributed by atoms with Gasteiger partial charge in [-0.05, 0) is 6.92 Å². The van der Waals surface area contributed by atoms with Crippen LogP contribution in [0, 0.1) is 0 Å². The molecule has 48 valence electrons. The Kier molecular flexibility index (Phi) is 3.91. The van der Waals surface area contributed by atoms with Gasteiger partial charge in [-0.25, -0.2) is 10.1 Å². The third kappa shape index (κ3) is 3.38. The molecule has 0 fully saturated rings. The number of hydrogen-bond acceptors (Lipinski definition) is 4. The monoisotopic (exact) mass is 121 g/mol. The van der Waals surface area contributed by atoms with Crippen LogP contribution in [0.3, 0.4) is 0 Å². The smallest absolute Gasteiger partial charge is 0.433 e. The maximum atomic E-state index is 10.0. The third-order valence-electron chi connectivity index (χ3n) is 0.404. The molecule has 0 saturated carbocycles. The van der Waals surface area contributed by atoms with E-state index in [1.165, 1.54) is 0 Å². The molecule has 5 heteroatoms. The van der Waals surface area contributed by atoms with Crippen molar-refractivity contribution in [3.63, 3.8) is 0 Å². The van der Waals surface area contributed by atoms with Crippen molar-refractivity contribution in [3.05, 3.63) is 0 Å². The predicted octanol–water partition coefficient (Wildman–Crippen LogP) is 0.137. The Balaban J connectivity index is 3.06. The lowest BCUT2D eigenvalue weighted by molar-refractivity contribution is -0.280. The van der Waals surface area contributed by atoms with Gasteiger partial charge in [0.2, 0.25) is 0 Å².